The third-order valence-corrected chi connectivity index (χ3v) is 4.64. The fraction of sp³-hybridized carbons (Fsp3) is 0.286. The summed E-state index contributed by atoms with van der Waals surface area (Å²) < 4.78 is 2.12. The van der Waals surface area contributed by atoms with Gasteiger partial charge in [0.2, 0.25) is 0 Å². The van der Waals surface area contributed by atoms with Gasteiger partial charge < -0.3 is 9.47 Å². The fourth-order valence-corrected chi connectivity index (χ4v) is 3.06. The maximum absolute atomic E-state index is 12.5. The van der Waals surface area contributed by atoms with Gasteiger partial charge in [0, 0.05) is 31.9 Å². The summed E-state index contributed by atoms with van der Waals surface area (Å²) >= 11 is 0. The molecule has 1 heterocycles. The average molecular weight is 363 g/mol. The molecule has 0 radical (unpaired) electrons. The van der Waals surface area contributed by atoms with Gasteiger partial charge in [-0.05, 0) is 56.7 Å². The fourth-order valence-electron chi connectivity index (χ4n) is 3.06. The van der Waals surface area contributed by atoms with Crippen molar-refractivity contribution in [3.63, 3.8) is 0 Å². The lowest BCUT2D eigenvalue weighted by Crippen LogP contribution is -2.19. The predicted molar refractivity (Wildman–Crippen MR) is 111 cm³/mol. The number of hydrogen-bond donors (Lipinski definition) is 1. The van der Waals surface area contributed by atoms with E-state index in [-0.39, 0.29) is 5.91 Å². The SMILES string of the molecule is CCn1c(C)nc2cc(C(=O)N/N=C(/C)c3ccc(N(C)C)cc3)ccc21. The molecule has 3 rings (SSSR count). The molecule has 1 amide bonds. The zero-order valence-corrected chi connectivity index (χ0v) is 16.4. The number of amides is 1. The first-order valence-corrected chi connectivity index (χ1v) is 9.00. The van der Waals surface area contributed by atoms with Gasteiger partial charge in [0.25, 0.3) is 5.91 Å². The second-order valence-corrected chi connectivity index (χ2v) is 6.69. The maximum atomic E-state index is 12.5. The number of imidazole rings is 1. The van der Waals surface area contributed by atoms with Gasteiger partial charge in [-0.1, -0.05) is 12.1 Å². The number of nitrogens with one attached hydrogen (secondary N) is 1. The Morgan fingerprint density at radius 1 is 1.15 bits per heavy atom. The van der Waals surface area contributed by atoms with Gasteiger partial charge in [0.15, 0.2) is 0 Å². The minimum Gasteiger partial charge on any atom is -0.378 e. The number of carbonyl (C=O) groups is 1. The Morgan fingerprint density at radius 3 is 2.44 bits per heavy atom. The highest BCUT2D eigenvalue weighted by molar-refractivity contribution is 6.01. The highest BCUT2D eigenvalue weighted by Crippen LogP contribution is 2.18. The second-order valence-electron chi connectivity index (χ2n) is 6.69. The lowest BCUT2D eigenvalue weighted by atomic mass is 10.1. The van der Waals surface area contributed by atoms with Crippen LogP contribution in [0.2, 0.25) is 0 Å². The van der Waals surface area contributed by atoms with Crippen LogP contribution >= 0.6 is 0 Å². The van der Waals surface area contributed by atoms with Gasteiger partial charge in [0.1, 0.15) is 5.82 Å². The van der Waals surface area contributed by atoms with Crippen molar-refractivity contribution in [2.45, 2.75) is 27.3 Å². The van der Waals surface area contributed by atoms with E-state index in [4.69, 9.17) is 0 Å². The number of hydrazone groups is 1. The largest absolute Gasteiger partial charge is 0.378 e. The van der Waals surface area contributed by atoms with E-state index < -0.39 is 0 Å². The van der Waals surface area contributed by atoms with Gasteiger partial charge in [0.05, 0.1) is 16.7 Å². The van der Waals surface area contributed by atoms with Crippen molar-refractivity contribution in [3.8, 4) is 0 Å². The Hall–Kier alpha value is -3.15. The number of hydrogen-bond acceptors (Lipinski definition) is 4. The lowest BCUT2D eigenvalue weighted by Gasteiger charge is -2.12. The summed E-state index contributed by atoms with van der Waals surface area (Å²) in [5, 5.41) is 4.24. The molecule has 6 heteroatoms. The lowest BCUT2D eigenvalue weighted by molar-refractivity contribution is 0.0955. The molecule has 0 saturated carbocycles. The first-order chi connectivity index (χ1) is 12.9. The summed E-state index contributed by atoms with van der Waals surface area (Å²) in [4.78, 5) is 19.0. The van der Waals surface area contributed by atoms with Gasteiger partial charge in [-0.3, -0.25) is 4.79 Å². The second kappa shape index (κ2) is 7.61. The van der Waals surface area contributed by atoms with Gasteiger partial charge in [-0.25, -0.2) is 10.4 Å². The summed E-state index contributed by atoms with van der Waals surface area (Å²) in [6.07, 6.45) is 0. The van der Waals surface area contributed by atoms with Gasteiger partial charge in [-0.2, -0.15) is 5.10 Å². The highest BCUT2D eigenvalue weighted by Gasteiger charge is 2.11. The molecule has 0 unspecified atom stereocenters. The molecule has 0 aliphatic heterocycles. The van der Waals surface area contributed by atoms with Crippen molar-refractivity contribution in [3.05, 3.63) is 59.4 Å². The maximum Gasteiger partial charge on any atom is 0.271 e. The third kappa shape index (κ3) is 3.84. The van der Waals surface area contributed by atoms with E-state index in [0.717, 1.165) is 40.4 Å². The van der Waals surface area contributed by atoms with E-state index in [9.17, 15) is 4.79 Å². The number of nitrogens with zero attached hydrogens (tertiary/aromatic N) is 4. The summed E-state index contributed by atoms with van der Waals surface area (Å²) in [6, 6.07) is 13.6. The number of fused-ring (bicyclic) bond motifs is 1. The number of rotatable bonds is 5. The molecule has 0 atom stereocenters. The van der Waals surface area contributed by atoms with Gasteiger partial charge >= 0.3 is 0 Å². The van der Waals surface area contributed by atoms with Crippen LogP contribution in [0.5, 0.6) is 0 Å². The van der Waals surface area contributed by atoms with Crippen LogP contribution in [0.25, 0.3) is 11.0 Å². The molecule has 27 heavy (non-hydrogen) atoms. The monoisotopic (exact) mass is 363 g/mol. The first-order valence-electron chi connectivity index (χ1n) is 9.00. The third-order valence-electron chi connectivity index (χ3n) is 4.64. The van der Waals surface area contributed by atoms with E-state index in [2.05, 4.69) is 27.0 Å². The van der Waals surface area contributed by atoms with Crippen LogP contribution in [0.1, 0.15) is 35.6 Å². The van der Waals surface area contributed by atoms with Crippen LogP contribution in [-0.2, 0) is 6.54 Å². The molecule has 1 N–H and O–H groups in total. The van der Waals surface area contributed by atoms with Crippen LogP contribution in [0.4, 0.5) is 5.69 Å². The zero-order chi connectivity index (χ0) is 19.6. The Balaban J connectivity index is 1.76. The quantitative estimate of drug-likeness (QED) is 0.557. The number of aryl methyl sites for hydroxylation is 2. The van der Waals surface area contributed by atoms with Crippen molar-refractivity contribution in [2.24, 2.45) is 5.10 Å². The first kappa shape index (κ1) is 18.6. The minimum atomic E-state index is -0.245. The molecule has 140 valence electrons. The van der Waals surface area contributed by atoms with Crippen LogP contribution < -0.4 is 10.3 Å². The van der Waals surface area contributed by atoms with E-state index in [1.54, 1.807) is 6.07 Å². The molecule has 6 nitrogen and oxygen atoms in total. The average Bonchev–Trinajstić information content (AvgIpc) is 2.99. The molecule has 0 bridgehead atoms. The number of aromatic nitrogens is 2. The number of anilines is 1. The van der Waals surface area contributed by atoms with Crippen molar-refractivity contribution in [1.29, 1.82) is 0 Å². The van der Waals surface area contributed by atoms with Crippen LogP contribution in [-0.4, -0.2) is 35.3 Å². The van der Waals surface area contributed by atoms with E-state index in [1.807, 2.05) is 69.2 Å². The van der Waals surface area contributed by atoms with Crippen molar-refractivity contribution in [1.82, 2.24) is 15.0 Å². The topological polar surface area (TPSA) is 62.5 Å². The molecule has 2 aromatic carbocycles. The van der Waals surface area contributed by atoms with Crippen molar-refractivity contribution in [2.75, 3.05) is 19.0 Å². The number of benzene rings is 2. The molecule has 1 aromatic heterocycles. The molecular weight excluding hydrogens is 338 g/mol. The molecule has 0 aliphatic carbocycles. The predicted octanol–water partition coefficient (Wildman–Crippen LogP) is 3.58. The smallest absolute Gasteiger partial charge is 0.271 e. The Kier molecular flexibility index (Phi) is 5.26. The molecular formula is C21H25N5O. The summed E-state index contributed by atoms with van der Waals surface area (Å²) in [6.45, 7) is 6.78. The standard InChI is InChI=1S/C21H25N5O/c1-6-26-15(3)22-19-13-17(9-12-20(19)26)21(27)24-23-14(2)16-7-10-18(11-8-16)25(4)5/h7-13H,6H2,1-5H3,(H,24,27)/b23-14-. The molecule has 0 aliphatic rings. The number of carbonyl (C=O) groups excluding carboxylic acids is 1. The Labute approximate surface area is 159 Å². The van der Waals surface area contributed by atoms with E-state index in [1.165, 1.54) is 0 Å². The Bertz CT molecular complexity index is 999. The van der Waals surface area contributed by atoms with Crippen LogP contribution in [0.3, 0.4) is 0 Å². The van der Waals surface area contributed by atoms with Gasteiger partial charge in [-0.15, -0.1) is 0 Å². The van der Waals surface area contributed by atoms with Crippen LogP contribution in [0, 0.1) is 6.92 Å². The van der Waals surface area contributed by atoms with E-state index >= 15 is 0 Å². The molecule has 0 fully saturated rings. The molecule has 3 aromatic rings. The Morgan fingerprint density at radius 2 is 1.81 bits per heavy atom. The highest BCUT2D eigenvalue weighted by atomic mass is 16.2. The minimum absolute atomic E-state index is 0.245. The molecule has 0 saturated heterocycles. The summed E-state index contributed by atoms with van der Waals surface area (Å²) in [5.41, 5.74) is 7.87. The van der Waals surface area contributed by atoms with Crippen molar-refractivity contribution < 1.29 is 4.79 Å². The normalized spacial score (nSPS) is 11.7. The zero-order valence-electron chi connectivity index (χ0n) is 16.4. The summed E-state index contributed by atoms with van der Waals surface area (Å²) in [5.74, 6) is 0.699. The molecule has 0 spiro atoms. The van der Waals surface area contributed by atoms with Crippen LogP contribution in [0.15, 0.2) is 47.6 Å². The van der Waals surface area contributed by atoms with Crippen molar-refractivity contribution >= 4 is 28.3 Å². The summed E-state index contributed by atoms with van der Waals surface area (Å²) in [7, 11) is 4.00. The van der Waals surface area contributed by atoms with E-state index in [0.29, 0.717) is 5.56 Å².